The molecule has 0 unspecified atom stereocenters. The summed E-state index contributed by atoms with van der Waals surface area (Å²) in [5, 5.41) is 13.7. The molecule has 8 heteroatoms. The molecule has 0 radical (unpaired) electrons. The van der Waals surface area contributed by atoms with Gasteiger partial charge in [-0.15, -0.1) is 0 Å². The van der Waals surface area contributed by atoms with Crippen LogP contribution >= 0.6 is 0 Å². The number of ether oxygens (including phenoxy) is 2. The smallest absolute Gasteiger partial charge is 0.407 e. The predicted molar refractivity (Wildman–Crippen MR) is 97.4 cm³/mol. The number of nitro groups is 1. The number of benzene rings is 2. The van der Waals surface area contributed by atoms with Gasteiger partial charge in [0, 0.05) is 12.1 Å². The zero-order chi connectivity index (χ0) is 20.2. The molecule has 0 saturated heterocycles. The van der Waals surface area contributed by atoms with Gasteiger partial charge in [-0.25, -0.2) is 9.18 Å². The largest absolute Gasteiger partial charge is 0.457 e. The van der Waals surface area contributed by atoms with Gasteiger partial charge in [0.05, 0.1) is 17.0 Å². The maximum absolute atomic E-state index is 13.4. The first kappa shape index (κ1) is 20.2. The van der Waals surface area contributed by atoms with Crippen molar-refractivity contribution in [2.75, 3.05) is 0 Å². The van der Waals surface area contributed by atoms with Crippen molar-refractivity contribution in [1.29, 1.82) is 0 Å². The van der Waals surface area contributed by atoms with Crippen LogP contribution in [-0.2, 0) is 11.3 Å². The molecule has 0 heterocycles. The number of alkyl carbamates (subject to hydrolysis) is 1. The number of amides is 1. The van der Waals surface area contributed by atoms with Gasteiger partial charge in [0.1, 0.15) is 22.9 Å². The van der Waals surface area contributed by atoms with Crippen LogP contribution in [0.5, 0.6) is 11.5 Å². The first-order valence-corrected chi connectivity index (χ1v) is 8.23. The molecular weight excluding hydrogens is 355 g/mol. The molecule has 2 rings (SSSR count). The highest BCUT2D eigenvalue weighted by atomic mass is 19.1. The summed E-state index contributed by atoms with van der Waals surface area (Å²) in [6.07, 6.45) is -0.691. The number of hydrogen-bond acceptors (Lipinski definition) is 5. The van der Waals surface area contributed by atoms with E-state index in [2.05, 4.69) is 5.32 Å². The highest BCUT2D eigenvalue weighted by Crippen LogP contribution is 2.30. The molecule has 27 heavy (non-hydrogen) atoms. The summed E-state index contributed by atoms with van der Waals surface area (Å²) >= 11 is 0. The standard InChI is InChI=1S/C19H21FN2O5/c1-12-5-6-14(20)10-17(12)26-15-7-8-16(22(24)25)13(9-15)11-21-18(23)27-19(2,3)4/h5-10H,11H2,1-4H3,(H,21,23). The summed E-state index contributed by atoms with van der Waals surface area (Å²) < 4.78 is 24.2. The Hall–Kier alpha value is -3.16. The van der Waals surface area contributed by atoms with E-state index in [-0.39, 0.29) is 23.5 Å². The Morgan fingerprint density at radius 1 is 1.22 bits per heavy atom. The van der Waals surface area contributed by atoms with Crippen LogP contribution < -0.4 is 10.1 Å². The van der Waals surface area contributed by atoms with Crippen molar-refractivity contribution in [2.24, 2.45) is 0 Å². The molecule has 7 nitrogen and oxygen atoms in total. The van der Waals surface area contributed by atoms with Crippen molar-refractivity contribution in [1.82, 2.24) is 5.32 Å². The van der Waals surface area contributed by atoms with Gasteiger partial charge in [-0.2, -0.15) is 0 Å². The Labute approximate surface area is 156 Å². The highest BCUT2D eigenvalue weighted by Gasteiger charge is 2.19. The van der Waals surface area contributed by atoms with Gasteiger partial charge < -0.3 is 14.8 Å². The van der Waals surface area contributed by atoms with E-state index in [4.69, 9.17) is 9.47 Å². The van der Waals surface area contributed by atoms with Crippen molar-refractivity contribution >= 4 is 11.8 Å². The minimum absolute atomic E-state index is 0.120. The second-order valence-electron chi connectivity index (χ2n) is 6.91. The predicted octanol–water partition coefficient (Wildman–Crippen LogP) is 4.86. The number of nitrogens with one attached hydrogen (secondary N) is 1. The molecule has 0 fully saturated rings. The van der Waals surface area contributed by atoms with E-state index in [0.717, 1.165) is 0 Å². The lowest BCUT2D eigenvalue weighted by atomic mass is 10.1. The SMILES string of the molecule is Cc1ccc(F)cc1Oc1ccc([N+](=O)[O-])c(CNC(=O)OC(C)(C)C)c1. The van der Waals surface area contributed by atoms with Crippen LogP contribution in [0.4, 0.5) is 14.9 Å². The van der Waals surface area contributed by atoms with E-state index in [0.29, 0.717) is 11.3 Å². The normalized spacial score (nSPS) is 11.0. The molecule has 0 aliphatic heterocycles. The van der Waals surface area contributed by atoms with Gasteiger partial charge in [-0.05, 0) is 51.5 Å². The Kier molecular flexibility index (Phi) is 5.99. The van der Waals surface area contributed by atoms with E-state index in [1.807, 2.05) is 0 Å². The fourth-order valence-corrected chi connectivity index (χ4v) is 2.24. The number of nitro benzene ring substituents is 1. The van der Waals surface area contributed by atoms with E-state index < -0.39 is 22.4 Å². The van der Waals surface area contributed by atoms with Gasteiger partial charge in [-0.1, -0.05) is 6.07 Å². The van der Waals surface area contributed by atoms with Crippen LogP contribution in [0.25, 0.3) is 0 Å². The molecule has 0 atom stereocenters. The zero-order valence-electron chi connectivity index (χ0n) is 15.5. The fourth-order valence-electron chi connectivity index (χ4n) is 2.24. The summed E-state index contributed by atoms with van der Waals surface area (Å²) in [5.41, 5.74) is 0.0885. The summed E-state index contributed by atoms with van der Waals surface area (Å²) in [6.45, 7) is 6.77. The van der Waals surface area contributed by atoms with E-state index in [1.54, 1.807) is 33.8 Å². The molecule has 2 aromatic carbocycles. The molecule has 0 aromatic heterocycles. The Balaban J connectivity index is 2.22. The van der Waals surface area contributed by atoms with Gasteiger partial charge in [0.2, 0.25) is 0 Å². The summed E-state index contributed by atoms with van der Waals surface area (Å²) in [6, 6.07) is 8.24. The van der Waals surface area contributed by atoms with Crippen molar-refractivity contribution in [3.8, 4) is 11.5 Å². The molecule has 2 aromatic rings. The number of carbonyl (C=O) groups excluding carboxylic acids is 1. The first-order valence-electron chi connectivity index (χ1n) is 8.23. The van der Waals surface area contributed by atoms with Crippen molar-refractivity contribution in [3.05, 3.63) is 63.5 Å². The maximum Gasteiger partial charge on any atom is 0.407 e. The molecular formula is C19H21FN2O5. The topological polar surface area (TPSA) is 90.7 Å². The first-order chi connectivity index (χ1) is 12.5. The third kappa shape index (κ3) is 5.95. The zero-order valence-corrected chi connectivity index (χ0v) is 15.5. The number of hydrogen-bond donors (Lipinski definition) is 1. The number of nitrogens with zero attached hydrogens (tertiary/aromatic N) is 1. The van der Waals surface area contributed by atoms with Crippen molar-refractivity contribution in [2.45, 2.75) is 39.8 Å². The average molecular weight is 376 g/mol. The summed E-state index contributed by atoms with van der Waals surface area (Å²) in [7, 11) is 0. The quantitative estimate of drug-likeness (QED) is 0.594. The lowest BCUT2D eigenvalue weighted by Crippen LogP contribution is -2.32. The number of aryl methyl sites for hydroxylation is 1. The average Bonchev–Trinajstić information content (AvgIpc) is 2.54. The highest BCUT2D eigenvalue weighted by molar-refractivity contribution is 5.68. The van der Waals surface area contributed by atoms with Crippen LogP contribution in [0.2, 0.25) is 0 Å². The maximum atomic E-state index is 13.4. The third-order valence-corrected chi connectivity index (χ3v) is 3.45. The molecule has 0 saturated carbocycles. The van der Waals surface area contributed by atoms with Crippen molar-refractivity contribution < 1.29 is 23.6 Å². The lowest BCUT2D eigenvalue weighted by Gasteiger charge is -2.19. The molecule has 0 aliphatic carbocycles. The second-order valence-corrected chi connectivity index (χ2v) is 6.91. The molecule has 144 valence electrons. The minimum Gasteiger partial charge on any atom is -0.457 e. The monoisotopic (exact) mass is 376 g/mol. The van der Waals surface area contributed by atoms with E-state index >= 15 is 0 Å². The van der Waals surface area contributed by atoms with Crippen LogP contribution in [0.3, 0.4) is 0 Å². The lowest BCUT2D eigenvalue weighted by molar-refractivity contribution is -0.385. The van der Waals surface area contributed by atoms with Crippen LogP contribution in [0.15, 0.2) is 36.4 Å². The van der Waals surface area contributed by atoms with Crippen LogP contribution in [0.1, 0.15) is 31.9 Å². The summed E-state index contributed by atoms with van der Waals surface area (Å²) in [4.78, 5) is 22.5. The van der Waals surface area contributed by atoms with Crippen LogP contribution in [0, 0.1) is 22.9 Å². The summed E-state index contributed by atoms with van der Waals surface area (Å²) in [5.74, 6) is 0.134. The van der Waals surface area contributed by atoms with Crippen LogP contribution in [-0.4, -0.2) is 16.6 Å². The number of halogens is 1. The second kappa shape index (κ2) is 8.03. The van der Waals surface area contributed by atoms with E-state index in [9.17, 15) is 19.3 Å². The molecule has 0 bridgehead atoms. The van der Waals surface area contributed by atoms with Crippen molar-refractivity contribution in [3.63, 3.8) is 0 Å². The Morgan fingerprint density at radius 2 is 1.93 bits per heavy atom. The van der Waals surface area contributed by atoms with Gasteiger partial charge in [-0.3, -0.25) is 10.1 Å². The van der Waals surface area contributed by atoms with Gasteiger partial charge >= 0.3 is 6.09 Å². The minimum atomic E-state index is -0.691. The molecule has 1 amide bonds. The Bertz CT molecular complexity index is 862. The molecule has 1 N–H and O–H groups in total. The fraction of sp³-hybridized carbons (Fsp3) is 0.316. The third-order valence-electron chi connectivity index (χ3n) is 3.45. The molecule has 0 spiro atoms. The molecule has 0 aliphatic rings. The number of rotatable bonds is 5. The van der Waals surface area contributed by atoms with Gasteiger partial charge in [0.25, 0.3) is 5.69 Å². The number of carbonyl (C=O) groups is 1. The Morgan fingerprint density at radius 3 is 2.56 bits per heavy atom. The van der Waals surface area contributed by atoms with E-state index in [1.165, 1.54) is 30.3 Å². The van der Waals surface area contributed by atoms with Gasteiger partial charge in [0.15, 0.2) is 0 Å².